The molecule has 316 valence electrons. The molecule has 0 amide bonds. The van der Waals surface area contributed by atoms with E-state index in [9.17, 15) is 0 Å². The number of rotatable bonds is 5. The number of para-hydroxylation sites is 1. The summed E-state index contributed by atoms with van der Waals surface area (Å²) in [5.41, 5.74) is 12.1. The number of thiophene rings is 2. The van der Waals surface area contributed by atoms with Crippen molar-refractivity contribution in [3.63, 3.8) is 0 Å². The minimum atomic E-state index is 0.657. The highest BCUT2D eigenvalue weighted by Gasteiger charge is 2.22. The van der Waals surface area contributed by atoms with E-state index in [2.05, 4.69) is 228 Å². The summed E-state index contributed by atoms with van der Waals surface area (Å²) in [6.07, 6.45) is 0. The molecule has 0 radical (unpaired) electrons. The van der Waals surface area contributed by atoms with Crippen molar-refractivity contribution in [3.8, 4) is 44.5 Å². The van der Waals surface area contributed by atoms with Crippen LogP contribution in [0.15, 0.2) is 218 Å². The van der Waals surface area contributed by atoms with Crippen molar-refractivity contribution in [2.24, 2.45) is 0 Å². The third kappa shape index (κ3) is 5.65. The van der Waals surface area contributed by atoms with Gasteiger partial charge < -0.3 is 4.57 Å². The molecule has 0 aliphatic rings. The maximum Gasteiger partial charge on any atom is 0.235 e. The first kappa shape index (κ1) is 37.8. The fraction of sp³-hybridized carbons (Fsp3) is 0. The van der Waals surface area contributed by atoms with E-state index >= 15 is 0 Å². The first-order chi connectivity index (χ1) is 33.7. The Morgan fingerprint density at radius 3 is 1.85 bits per heavy atom. The molecule has 5 heterocycles. The Balaban J connectivity index is 0.976. The van der Waals surface area contributed by atoms with Crippen LogP contribution in [0.4, 0.5) is 0 Å². The van der Waals surface area contributed by atoms with Gasteiger partial charge >= 0.3 is 0 Å². The lowest BCUT2D eigenvalue weighted by Crippen LogP contribution is -2.02. The van der Waals surface area contributed by atoms with Crippen LogP contribution in [0.25, 0.3) is 140 Å². The molecule has 0 N–H and O–H groups in total. The third-order valence-electron chi connectivity index (χ3n) is 13.9. The predicted molar refractivity (Wildman–Crippen MR) is 290 cm³/mol. The summed E-state index contributed by atoms with van der Waals surface area (Å²) < 4.78 is 8.37. The lowest BCUT2D eigenvalue weighted by molar-refractivity contribution is 1.02. The van der Waals surface area contributed by atoms with Gasteiger partial charge in [0.05, 0.1) is 38.0 Å². The maximum atomic E-state index is 5.63. The second-order valence-electron chi connectivity index (χ2n) is 17.7. The topological polar surface area (TPSA) is 35.6 Å². The molecular formula is C62H36N4S2. The Kier molecular flexibility index (Phi) is 8.07. The van der Waals surface area contributed by atoms with Crippen molar-refractivity contribution in [3.05, 3.63) is 218 Å². The quantitative estimate of drug-likeness (QED) is 0.173. The number of fused-ring (bicyclic) bond motifs is 13. The van der Waals surface area contributed by atoms with E-state index in [1.54, 1.807) is 11.3 Å². The second kappa shape index (κ2) is 14.5. The highest BCUT2D eigenvalue weighted by atomic mass is 32.1. The Morgan fingerprint density at radius 2 is 0.985 bits per heavy atom. The van der Waals surface area contributed by atoms with E-state index in [0.717, 1.165) is 60.1 Å². The molecule has 68 heavy (non-hydrogen) atoms. The normalized spacial score (nSPS) is 12.1. The van der Waals surface area contributed by atoms with Gasteiger partial charge in [-0.05, 0) is 111 Å². The maximum absolute atomic E-state index is 5.63. The molecule has 10 aromatic carbocycles. The van der Waals surface area contributed by atoms with Gasteiger partial charge in [-0.2, -0.15) is 0 Å². The highest BCUT2D eigenvalue weighted by molar-refractivity contribution is 7.25. The first-order valence-corrected chi connectivity index (χ1v) is 24.6. The van der Waals surface area contributed by atoms with Gasteiger partial charge in [-0.15, -0.1) is 22.7 Å². The molecule has 5 aromatic heterocycles. The van der Waals surface area contributed by atoms with Gasteiger partial charge in [-0.3, -0.25) is 4.57 Å². The molecule has 0 aliphatic heterocycles. The average molecular weight is 901 g/mol. The van der Waals surface area contributed by atoms with E-state index in [1.807, 2.05) is 11.3 Å². The van der Waals surface area contributed by atoms with Crippen molar-refractivity contribution in [2.75, 3.05) is 0 Å². The van der Waals surface area contributed by atoms with Crippen molar-refractivity contribution in [2.45, 2.75) is 0 Å². The molecule has 0 saturated carbocycles. The second-order valence-corrected chi connectivity index (χ2v) is 19.9. The smallest absolute Gasteiger partial charge is 0.235 e. The van der Waals surface area contributed by atoms with Crippen molar-refractivity contribution in [1.29, 1.82) is 0 Å². The van der Waals surface area contributed by atoms with E-state index < -0.39 is 0 Å². The Hall–Kier alpha value is -8.42. The van der Waals surface area contributed by atoms with Crippen LogP contribution in [0.5, 0.6) is 0 Å². The zero-order valence-corrected chi connectivity index (χ0v) is 38.0. The summed E-state index contributed by atoms with van der Waals surface area (Å²) in [6, 6.07) is 79.7. The van der Waals surface area contributed by atoms with Crippen molar-refractivity contribution < 1.29 is 0 Å². The van der Waals surface area contributed by atoms with Crippen LogP contribution < -0.4 is 0 Å². The highest BCUT2D eigenvalue weighted by Crippen LogP contribution is 2.44. The lowest BCUT2D eigenvalue weighted by Gasteiger charge is -2.11. The van der Waals surface area contributed by atoms with Gasteiger partial charge in [0, 0.05) is 57.8 Å². The summed E-state index contributed by atoms with van der Waals surface area (Å²) in [5.74, 6) is 0.657. The van der Waals surface area contributed by atoms with E-state index in [0.29, 0.717) is 5.95 Å². The predicted octanol–water partition coefficient (Wildman–Crippen LogP) is 17.6. The zero-order chi connectivity index (χ0) is 44.5. The van der Waals surface area contributed by atoms with Crippen LogP contribution in [0.2, 0.25) is 0 Å². The van der Waals surface area contributed by atoms with Gasteiger partial charge in [0.25, 0.3) is 0 Å². The van der Waals surface area contributed by atoms with Crippen LogP contribution in [0.1, 0.15) is 0 Å². The summed E-state index contributed by atoms with van der Waals surface area (Å²) in [4.78, 5) is 12.3. The molecule has 0 bridgehead atoms. The van der Waals surface area contributed by atoms with E-state index in [-0.39, 0.29) is 0 Å². The SMILES string of the molecule is c1ccc(-c2cc3nc(-n4c5ccc(-c6ccc7c8c9ccccc9ccc8n(-c8ccccc8)c7c6)cc5c5cc6ccccc6cc54)nc(-c4ccc5sc6ccccc6c5c4)c3s2)cc1. The molecule has 0 spiro atoms. The van der Waals surface area contributed by atoms with Gasteiger partial charge in [0.15, 0.2) is 0 Å². The average Bonchev–Trinajstić information content (AvgIpc) is 4.17. The monoisotopic (exact) mass is 900 g/mol. The molecule has 15 rings (SSSR count). The van der Waals surface area contributed by atoms with Gasteiger partial charge in [-0.25, -0.2) is 9.97 Å². The van der Waals surface area contributed by atoms with Gasteiger partial charge in [-0.1, -0.05) is 146 Å². The zero-order valence-electron chi connectivity index (χ0n) is 36.4. The molecule has 0 fully saturated rings. The molecule has 4 nitrogen and oxygen atoms in total. The Bertz CT molecular complexity index is 4560. The van der Waals surface area contributed by atoms with Crippen molar-refractivity contribution >= 4 is 118 Å². The minimum Gasteiger partial charge on any atom is -0.309 e. The summed E-state index contributed by atoms with van der Waals surface area (Å²) in [6.45, 7) is 0. The fourth-order valence-corrected chi connectivity index (χ4v) is 13.0. The number of benzene rings is 10. The minimum absolute atomic E-state index is 0.657. The van der Waals surface area contributed by atoms with Crippen molar-refractivity contribution in [1.82, 2.24) is 19.1 Å². The summed E-state index contributed by atoms with van der Waals surface area (Å²) in [7, 11) is 0. The lowest BCUT2D eigenvalue weighted by atomic mass is 9.99. The van der Waals surface area contributed by atoms with Crippen LogP contribution in [0, 0.1) is 0 Å². The fourth-order valence-electron chi connectivity index (χ4n) is 10.8. The first-order valence-electron chi connectivity index (χ1n) is 23.0. The molecule has 15 aromatic rings. The Morgan fingerprint density at radius 1 is 0.338 bits per heavy atom. The van der Waals surface area contributed by atoms with Crippen LogP contribution in [-0.2, 0) is 0 Å². The standard InChI is InChI=1S/C62H36N4S2/c1-3-14-38(15-4-1)58-36-51-61(68-58)60(43-26-30-57-50(33-43)46-21-11-12-22-56(46)67-57)64-62(63-51)66-52-28-25-41(32-48(52)49-31-39-16-7-8-17-40(39)34-55(49)66)42-23-27-47-54(35-42)65(44-18-5-2-6-19-44)53-29-24-37-13-9-10-20-45(37)59(47)53/h1-36H. The van der Waals surface area contributed by atoms with Gasteiger partial charge in [0.1, 0.15) is 0 Å². The third-order valence-corrected chi connectivity index (χ3v) is 16.2. The molecule has 0 saturated heterocycles. The van der Waals surface area contributed by atoms with Crippen LogP contribution in [-0.4, -0.2) is 19.1 Å². The molecule has 6 heteroatoms. The summed E-state index contributed by atoms with van der Waals surface area (Å²) in [5, 5.41) is 12.3. The number of hydrogen-bond donors (Lipinski definition) is 0. The van der Waals surface area contributed by atoms with E-state index in [4.69, 9.17) is 9.97 Å². The van der Waals surface area contributed by atoms with Crippen LogP contribution in [0.3, 0.4) is 0 Å². The van der Waals surface area contributed by atoms with Crippen LogP contribution >= 0.6 is 22.7 Å². The largest absolute Gasteiger partial charge is 0.309 e. The molecular weight excluding hydrogens is 865 g/mol. The molecule has 0 aliphatic carbocycles. The number of nitrogens with zero attached hydrogens (tertiary/aromatic N) is 4. The number of hydrogen-bond acceptors (Lipinski definition) is 4. The number of aromatic nitrogens is 4. The van der Waals surface area contributed by atoms with Gasteiger partial charge in [0.2, 0.25) is 5.95 Å². The summed E-state index contributed by atoms with van der Waals surface area (Å²) >= 11 is 3.61. The Labute approximate surface area is 397 Å². The molecule has 0 atom stereocenters. The van der Waals surface area contributed by atoms with E-state index in [1.165, 1.54) is 74.0 Å². The molecule has 0 unspecified atom stereocenters.